The zero-order chi connectivity index (χ0) is 17.8. The molecule has 0 fully saturated rings. The number of rotatable bonds is 7. The van der Waals surface area contributed by atoms with Crippen LogP contribution in [0.15, 0.2) is 30.3 Å². The van der Waals surface area contributed by atoms with Crippen LogP contribution in [-0.2, 0) is 13.0 Å². The smallest absolute Gasteiger partial charge is 0.292 e. The Balaban J connectivity index is 1.84. The normalized spacial score (nSPS) is 12.2. The second-order valence-electron chi connectivity index (χ2n) is 5.69. The fraction of sp³-hybridized carbons (Fsp3) is 0.333. The van der Waals surface area contributed by atoms with E-state index < -0.39 is 0 Å². The first-order valence-corrected chi connectivity index (χ1v) is 8.21. The third-order valence-electron chi connectivity index (χ3n) is 4.18. The Morgan fingerprint density at radius 3 is 2.84 bits per heavy atom. The van der Waals surface area contributed by atoms with Gasteiger partial charge in [-0.25, -0.2) is 0 Å². The number of methoxy groups -OCH3 is 1. The standard InChI is InChI=1S/C18H21N3O4/c1-3-25-16-7-4-12(10-17(16)24-2)11-20-18-13-8-9-19-14(13)5-6-15(18)21(22)23/h4-7,10,19-20H,3,8-9,11H2,1-2H3. The van der Waals surface area contributed by atoms with Crippen LogP contribution in [0, 0.1) is 10.1 Å². The molecule has 0 aromatic heterocycles. The minimum absolute atomic E-state index is 0.0975. The molecule has 0 bridgehead atoms. The zero-order valence-electron chi connectivity index (χ0n) is 14.3. The lowest BCUT2D eigenvalue weighted by molar-refractivity contribution is -0.384. The molecule has 0 radical (unpaired) electrons. The number of benzene rings is 2. The predicted octanol–water partition coefficient (Wildman–Crippen LogP) is 3.58. The highest BCUT2D eigenvalue weighted by atomic mass is 16.6. The van der Waals surface area contributed by atoms with Crippen LogP contribution in [0.1, 0.15) is 18.1 Å². The van der Waals surface area contributed by atoms with Gasteiger partial charge in [-0.05, 0) is 37.1 Å². The van der Waals surface area contributed by atoms with Crippen molar-refractivity contribution >= 4 is 17.1 Å². The van der Waals surface area contributed by atoms with Gasteiger partial charge >= 0.3 is 0 Å². The summed E-state index contributed by atoms with van der Waals surface area (Å²) < 4.78 is 10.9. The molecular formula is C18H21N3O4. The van der Waals surface area contributed by atoms with E-state index in [0.717, 1.165) is 29.8 Å². The van der Waals surface area contributed by atoms with Gasteiger partial charge in [0.05, 0.1) is 18.6 Å². The van der Waals surface area contributed by atoms with Crippen LogP contribution in [0.25, 0.3) is 0 Å². The molecule has 2 N–H and O–H groups in total. The Labute approximate surface area is 146 Å². The summed E-state index contributed by atoms with van der Waals surface area (Å²) >= 11 is 0. The third-order valence-corrected chi connectivity index (χ3v) is 4.18. The van der Waals surface area contributed by atoms with Crippen molar-refractivity contribution in [3.8, 4) is 11.5 Å². The number of nitrogens with one attached hydrogen (secondary N) is 2. The largest absolute Gasteiger partial charge is 0.493 e. The number of hydrogen-bond acceptors (Lipinski definition) is 6. The Kier molecular flexibility index (Phi) is 4.92. The maximum atomic E-state index is 11.4. The molecule has 0 saturated heterocycles. The number of nitro groups is 1. The average Bonchev–Trinajstić information content (AvgIpc) is 3.09. The van der Waals surface area contributed by atoms with E-state index in [0.29, 0.717) is 30.3 Å². The highest BCUT2D eigenvalue weighted by Crippen LogP contribution is 2.37. The van der Waals surface area contributed by atoms with Crippen molar-refractivity contribution in [2.75, 3.05) is 30.9 Å². The molecule has 7 heteroatoms. The molecule has 0 saturated carbocycles. The van der Waals surface area contributed by atoms with E-state index in [1.54, 1.807) is 13.2 Å². The molecule has 2 aromatic carbocycles. The quantitative estimate of drug-likeness (QED) is 0.590. The summed E-state index contributed by atoms with van der Waals surface area (Å²) in [6, 6.07) is 8.97. The van der Waals surface area contributed by atoms with E-state index >= 15 is 0 Å². The molecule has 132 valence electrons. The van der Waals surface area contributed by atoms with E-state index in [1.165, 1.54) is 6.07 Å². The highest BCUT2D eigenvalue weighted by molar-refractivity contribution is 5.77. The summed E-state index contributed by atoms with van der Waals surface area (Å²) in [5.41, 5.74) is 3.56. The average molecular weight is 343 g/mol. The third kappa shape index (κ3) is 3.45. The maximum Gasteiger partial charge on any atom is 0.292 e. The number of nitrogens with zero attached hydrogens (tertiary/aromatic N) is 1. The van der Waals surface area contributed by atoms with Crippen molar-refractivity contribution in [1.82, 2.24) is 0 Å². The predicted molar refractivity (Wildman–Crippen MR) is 96.8 cm³/mol. The van der Waals surface area contributed by atoms with Crippen molar-refractivity contribution in [3.05, 3.63) is 51.6 Å². The van der Waals surface area contributed by atoms with Gasteiger partial charge in [0.25, 0.3) is 5.69 Å². The van der Waals surface area contributed by atoms with Gasteiger partial charge in [0.15, 0.2) is 11.5 Å². The van der Waals surface area contributed by atoms with E-state index in [2.05, 4.69) is 10.6 Å². The van der Waals surface area contributed by atoms with Gasteiger partial charge < -0.3 is 20.1 Å². The summed E-state index contributed by atoms with van der Waals surface area (Å²) in [6.45, 7) is 3.73. The summed E-state index contributed by atoms with van der Waals surface area (Å²) in [5.74, 6) is 1.33. The molecule has 0 spiro atoms. The molecule has 25 heavy (non-hydrogen) atoms. The van der Waals surface area contributed by atoms with Gasteiger partial charge in [0.2, 0.25) is 0 Å². The van der Waals surface area contributed by atoms with Crippen LogP contribution in [-0.4, -0.2) is 25.2 Å². The lowest BCUT2D eigenvalue weighted by Crippen LogP contribution is -2.06. The fourth-order valence-electron chi connectivity index (χ4n) is 3.02. The molecule has 2 aromatic rings. The maximum absolute atomic E-state index is 11.4. The molecule has 1 heterocycles. The van der Waals surface area contributed by atoms with Crippen LogP contribution in [0.3, 0.4) is 0 Å². The van der Waals surface area contributed by atoms with Gasteiger partial charge in [0.1, 0.15) is 5.69 Å². The van der Waals surface area contributed by atoms with Crippen LogP contribution in [0.5, 0.6) is 11.5 Å². The molecule has 1 aliphatic rings. The molecule has 3 rings (SSSR count). The van der Waals surface area contributed by atoms with Gasteiger partial charge in [-0.3, -0.25) is 10.1 Å². The van der Waals surface area contributed by atoms with Crippen molar-refractivity contribution in [2.45, 2.75) is 19.9 Å². The van der Waals surface area contributed by atoms with Crippen LogP contribution in [0.2, 0.25) is 0 Å². The topological polar surface area (TPSA) is 85.7 Å². The minimum atomic E-state index is -0.348. The Morgan fingerprint density at radius 2 is 2.12 bits per heavy atom. The molecule has 0 atom stereocenters. The zero-order valence-corrected chi connectivity index (χ0v) is 14.3. The number of fused-ring (bicyclic) bond motifs is 1. The summed E-state index contributed by atoms with van der Waals surface area (Å²) in [7, 11) is 1.59. The van der Waals surface area contributed by atoms with Crippen LogP contribution >= 0.6 is 0 Å². The van der Waals surface area contributed by atoms with Crippen LogP contribution < -0.4 is 20.1 Å². The highest BCUT2D eigenvalue weighted by Gasteiger charge is 2.23. The number of nitro benzene ring substituents is 1. The van der Waals surface area contributed by atoms with E-state index in [9.17, 15) is 10.1 Å². The van der Waals surface area contributed by atoms with Gasteiger partial charge in [-0.1, -0.05) is 6.07 Å². The number of anilines is 2. The number of ether oxygens (including phenoxy) is 2. The Hall–Kier alpha value is -2.96. The Morgan fingerprint density at radius 1 is 1.28 bits per heavy atom. The van der Waals surface area contributed by atoms with Crippen molar-refractivity contribution in [2.24, 2.45) is 0 Å². The van der Waals surface area contributed by atoms with Gasteiger partial charge in [0, 0.05) is 30.4 Å². The lowest BCUT2D eigenvalue weighted by Gasteiger charge is -2.14. The molecule has 0 aliphatic carbocycles. The SMILES string of the molecule is CCOc1ccc(CNc2c([N+](=O)[O-])ccc3c2CCN3)cc1OC. The first-order valence-electron chi connectivity index (χ1n) is 8.21. The molecule has 1 aliphatic heterocycles. The molecular weight excluding hydrogens is 322 g/mol. The van der Waals surface area contributed by atoms with Crippen molar-refractivity contribution in [3.63, 3.8) is 0 Å². The van der Waals surface area contributed by atoms with Gasteiger partial charge in [-0.15, -0.1) is 0 Å². The Bertz CT molecular complexity index is 792. The van der Waals surface area contributed by atoms with E-state index in [-0.39, 0.29) is 10.6 Å². The number of hydrogen-bond donors (Lipinski definition) is 2. The monoisotopic (exact) mass is 343 g/mol. The van der Waals surface area contributed by atoms with Gasteiger partial charge in [-0.2, -0.15) is 0 Å². The summed E-state index contributed by atoms with van der Waals surface area (Å²) in [6.07, 6.45) is 0.770. The second-order valence-corrected chi connectivity index (χ2v) is 5.69. The van der Waals surface area contributed by atoms with Crippen molar-refractivity contribution < 1.29 is 14.4 Å². The van der Waals surface area contributed by atoms with Crippen molar-refractivity contribution in [1.29, 1.82) is 0 Å². The minimum Gasteiger partial charge on any atom is -0.493 e. The fourth-order valence-corrected chi connectivity index (χ4v) is 3.02. The van der Waals surface area contributed by atoms with E-state index in [4.69, 9.17) is 9.47 Å². The first-order chi connectivity index (χ1) is 12.1. The lowest BCUT2D eigenvalue weighted by atomic mass is 10.1. The summed E-state index contributed by atoms with van der Waals surface area (Å²) in [5, 5.41) is 17.8. The molecule has 0 amide bonds. The second kappa shape index (κ2) is 7.29. The van der Waals surface area contributed by atoms with Crippen LogP contribution in [0.4, 0.5) is 17.1 Å². The molecule has 7 nitrogen and oxygen atoms in total. The summed E-state index contributed by atoms with van der Waals surface area (Å²) in [4.78, 5) is 11.0. The van der Waals surface area contributed by atoms with E-state index in [1.807, 2.05) is 25.1 Å². The first kappa shape index (κ1) is 16.9. The molecule has 0 unspecified atom stereocenters.